The van der Waals surface area contributed by atoms with Crippen LogP contribution in [0.1, 0.15) is 0 Å². The van der Waals surface area contributed by atoms with Crippen LogP contribution in [0.3, 0.4) is 0 Å². The molecule has 2 aromatic carbocycles. The number of aromatic amines is 1. The number of azo groups is 1. The van der Waals surface area contributed by atoms with Crippen molar-refractivity contribution in [2.45, 2.75) is 0 Å². The van der Waals surface area contributed by atoms with Crippen molar-refractivity contribution in [3.63, 3.8) is 0 Å². The number of hydrogen-bond acceptors (Lipinski definition) is 3. The van der Waals surface area contributed by atoms with Crippen LogP contribution in [0.5, 0.6) is 5.88 Å². The van der Waals surface area contributed by atoms with Gasteiger partial charge in [-0.1, -0.05) is 30.3 Å². The highest BCUT2D eigenvalue weighted by Crippen LogP contribution is 2.37. The first-order chi connectivity index (χ1) is 10.6. The standard InChI is InChI=1S/C15H11IN4OS/c16-11-8-4-7-10-12(11)18-14(21)13(10)19-20-15(22)17-9-5-2-1-3-6-9/h1-8,18,21H,(H,17,22). The summed E-state index contributed by atoms with van der Waals surface area (Å²) in [4.78, 5) is 2.90. The molecular formula is C15H11IN4OS. The van der Waals surface area contributed by atoms with Gasteiger partial charge in [0.2, 0.25) is 11.0 Å². The van der Waals surface area contributed by atoms with Crippen molar-refractivity contribution in [1.82, 2.24) is 4.98 Å². The smallest absolute Gasteiger partial charge is 0.218 e. The van der Waals surface area contributed by atoms with Gasteiger partial charge in [0.15, 0.2) is 5.69 Å². The number of aromatic hydroxyl groups is 1. The van der Waals surface area contributed by atoms with Crippen molar-refractivity contribution in [1.29, 1.82) is 0 Å². The maximum absolute atomic E-state index is 9.99. The summed E-state index contributed by atoms with van der Waals surface area (Å²) >= 11 is 7.33. The minimum atomic E-state index is -0.0228. The summed E-state index contributed by atoms with van der Waals surface area (Å²) in [5.41, 5.74) is 2.05. The molecule has 22 heavy (non-hydrogen) atoms. The van der Waals surface area contributed by atoms with Gasteiger partial charge in [-0.05, 0) is 53.0 Å². The lowest BCUT2D eigenvalue weighted by Gasteiger charge is -2.01. The zero-order chi connectivity index (χ0) is 15.5. The molecule has 0 radical (unpaired) electrons. The van der Waals surface area contributed by atoms with Gasteiger partial charge in [0, 0.05) is 14.6 Å². The maximum Gasteiger partial charge on any atom is 0.218 e. The molecule has 0 saturated carbocycles. The lowest BCUT2D eigenvalue weighted by Crippen LogP contribution is -2.04. The summed E-state index contributed by atoms with van der Waals surface area (Å²) in [5.74, 6) is -0.0228. The van der Waals surface area contributed by atoms with Crippen LogP contribution in [-0.2, 0) is 0 Å². The van der Waals surface area contributed by atoms with Crippen LogP contribution < -0.4 is 5.32 Å². The second-order valence-electron chi connectivity index (χ2n) is 4.48. The van der Waals surface area contributed by atoms with E-state index in [0.717, 1.165) is 20.2 Å². The maximum atomic E-state index is 9.99. The lowest BCUT2D eigenvalue weighted by molar-refractivity contribution is 0.459. The van der Waals surface area contributed by atoms with Crippen LogP contribution >= 0.6 is 34.8 Å². The van der Waals surface area contributed by atoms with Crippen molar-refractivity contribution in [2.75, 3.05) is 5.32 Å². The topological polar surface area (TPSA) is 72.8 Å². The highest BCUT2D eigenvalue weighted by atomic mass is 127. The second-order valence-corrected chi connectivity index (χ2v) is 6.03. The van der Waals surface area contributed by atoms with E-state index >= 15 is 0 Å². The third-order valence-corrected chi connectivity index (χ3v) is 4.08. The molecule has 0 fully saturated rings. The number of anilines is 1. The third-order valence-electron chi connectivity index (χ3n) is 3.00. The van der Waals surface area contributed by atoms with E-state index in [-0.39, 0.29) is 11.0 Å². The Kier molecular flexibility index (Phi) is 4.34. The summed E-state index contributed by atoms with van der Waals surface area (Å²) in [6, 6.07) is 15.2. The first kappa shape index (κ1) is 14.9. The molecule has 0 bridgehead atoms. The molecule has 5 nitrogen and oxygen atoms in total. The Bertz CT molecular complexity index is 861. The van der Waals surface area contributed by atoms with Crippen molar-refractivity contribution in [2.24, 2.45) is 10.2 Å². The van der Waals surface area contributed by atoms with Gasteiger partial charge < -0.3 is 15.4 Å². The molecule has 3 N–H and O–H groups in total. The van der Waals surface area contributed by atoms with Gasteiger partial charge >= 0.3 is 0 Å². The molecule has 0 aliphatic heterocycles. The number of fused-ring (bicyclic) bond motifs is 1. The molecule has 110 valence electrons. The Morgan fingerprint density at radius 3 is 2.68 bits per heavy atom. The van der Waals surface area contributed by atoms with E-state index in [1.54, 1.807) is 0 Å². The molecule has 7 heteroatoms. The summed E-state index contributed by atoms with van der Waals surface area (Å²) in [5, 5.41) is 22.0. The van der Waals surface area contributed by atoms with Gasteiger partial charge in [-0.15, -0.1) is 10.2 Å². The Hall–Kier alpha value is -2.00. The number of para-hydroxylation sites is 2. The van der Waals surface area contributed by atoms with Gasteiger partial charge in [-0.25, -0.2) is 0 Å². The van der Waals surface area contributed by atoms with Gasteiger partial charge in [-0.3, -0.25) is 0 Å². The second kappa shape index (κ2) is 6.41. The number of nitrogens with zero attached hydrogens (tertiary/aromatic N) is 2. The fourth-order valence-electron chi connectivity index (χ4n) is 2.02. The van der Waals surface area contributed by atoms with E-state index in [2.05, 4.69) is 43.1 Å². The van der Waals surface area contributed by atoms with E-state index in [9.17, 15) is 5.11 Å². The molecule has 0 aliphatic rings. The Morgan fingerprint density at radius 2 is 1.91 bits per heavy atom. The predicted octanol–water partition coefficient (Wildman–Crippen LogP) is 4.96. The third kappa shape index (κ3) is 3.09. The fourth-order valence-corrected chi connectivity index (χ4v) is 2.81. The molecule has 0 atom stereocenters. The molecule has 0 saturated heterocycles. The van der Waals surface area contributed by atoms with Crippen LogP contribution in [0.15, 0.2) is 58.8 Å². The lowest BCUT2D eigenvalue weighted by atomic mass is 10.2. The van der Waals surface area contributed by atoms with E-state index < -0.39 is 0 Å². The van der Waals surface area contributed by atoms with E-state index in [4.69, 9.17) is 12.2 Å². The fraction of sp³-hybridized carbons (Fsp3) is 0. The van der Waals surface area contributed by atoms with Crippen molar-refractivity contribution in [3.8, 4) is 5.88 Å². The Morgan fingerprint density at radius 1 is 1.14 bits per heavy atom. The van der Waals surface area contributed by atoms with Crippen molar-refractivity contribution >= 4 is 62.2 Å². The molecule has 0 unspecified atom stereocenters. The van der Waals surface area contributed by atoms with Gasteiger partial charge in [0.05, 0.1) is 5.52 Å². The predicted molar refractivity (Wildman–Crippen MR) is 99.9 cm³/mol. The average molecular weight is 422 g/mol. The molecule has 0 spiro atoms. The number of nitrogens with one attached hydrogen (secondary N) is 2. The minimum Gasteiger partial charge on any atom is -0.493 e. The quantitative estimate of drug-likeness (QED) is 0.311. The largest absolute Gasteiger partial charge is 0.493 e. The molecule has 0 aliphatic carbocycles. The Labute approximate surface area is 145 Å². The van der Waals surface area contributed by atoms with Crippen molar-refractivity contribution < 1.29 is 5.11 Å². The molecular weight excluding hydrogens is 411 g/mol. The van der Waals surface area contributed by atoms with Crippen LogP contribution in [0.4, 0.5) is 11.4 Å². The van der Waals surface area contributed by atoms with Crippen LogP contribution in [0.25, 0.3) is 10.9 Å². The summed E-state index contributed by atoms with van der Waals surface area (Å²) in [7, 11) is 0. The van der Waals surface area contributed by atoms with E-state index in [1.165, 1.54) is 0 Å². The summed E-state index contributed by atoms with van der Waals surface area (Å²) in [6.45, 7) is 0. The molecule has 3 aromatic rings. The summed E-state index contributed by atoms with van der Waals surface area (Å²) in [6.07, 6.45) is 0. The van der Waals surface area contributed by atoms with Crippen LogP contribution in [0, 0.1) is 3.57 Å². The normalized spacial score (nSPS) is 11.1. The van der Waals surface area contributed by atoms with Crippen molar-refractivity contribution in [3.05, 3.63) is 52.1 Å². The van der Waals surface area contributed by atoms with E-state index in [0.29, 0.717) is 5.69 Å². The number of aromatic nitrogens is 1. The highest BCUT2D eigenvalue weighted by Gasteiger charge is 2.12. The van der Waals surface area contributed by atoms with Gasteiger partial charge in [-0.2, -0.15) is 0 Å². The highest BCUT2D eigenvalue weighted by molar-refractivity contribution is 14.1. The van der Waals surface area contributed by atoms with Gasteiger partial charge in [0.1, 0.15) is 0 Å². The number of rotatable bonds is 2. The van der Waals surface area contributed by atoms with Crippen LogP contribution in [-0.4, -0.2) is 15.2 Å². The average Bonchev–Trinajstić information content (AvgIpc) is 2.83. The minimum absolute atomic E-state index is 0.0228. The SMILES string of the molecule is Oc1[nH]c2c(I)cccc2c1N=NC(=S)Nc1ccccc1. The Balaban J connectivity index is 1.85. The number of H-pyrrole nitrogens is 1. The van der Waals surface area contributed by atoms with Crippen LogP contribution in [0.2, 0.25) is 0 Å². The monoisotopic (exact) mass is 422 g/mol. The number of hydrogen-bond donors (Lipinski definition) is 3. The molecule has 3 rings (SSSR count). The molecule has 1 heterocycles. The zero-order valence-corrected chi connectivity index (χ0v) is 14.2. The van der Waals surface area contributed by atoms with Gasteiger partial charge in [0.25, 0.3) is 0 Å². The number of halogens is 1. The summed E-state index contributed by atoms with van der Waals surface area (Å²) < 4.78 is 0.997. The first-order valence-corrected chi connectivity index (χ1v) is 7.91. The van der Waals surface area contributed by atoms with E-state index in [1.807, 2.05) is 48.5 Å². The molecule has 0 amide bonds. The zero-order valence-electron chi connectivity index (χ0n) is 11.2. The number of thiocarbonyl (C=S) groups is 1. The first-order valence-electron chi connectivity index (χ1n) is 6.42. The number of benzene rings is 2. The molecule has 1 aromatic heterocycles.